The normalized spacial score (nSPS) is 21.7. The van der Waals surface area contributed by atoms with Gasteiger partial charge in [-0.25, -0.2) is 0 Å². The first-order valence-electron chi connectivity index (χ1n) is 8.97. The zero-order valence-electron chi connectivity index (χ0n) is 14.9. The second-order valence-electron chi connectivity index (χ2n) is 6.58. The van der Waals surface area contributed by atoms with E-state index in [9.17, 15) is 9.59 Å². The molecule has 2 aliphatic rings. The molecule has 0 saturated carbocycles. The molecule has 0 unspecified atom stereocenters. The molecule has 0 bridgehead atoms. The fraction of sp³-hybridized carbons (Fsp3) is 0.579. The van der Waals surface area contributed by atoms with E-state index in [0.717, 1.165) is 37.4 Å². The highest BCUT2D eigenvalue weighted by molar-refractivity contribution is 6.00. The maximum atomic E-state index is 12.8. The van der Waals surface area contributed by atoms with Crippen LogP contribution in [0.4, 0.5) is 5.69 Å². The third kappa shape index (κ3) is 3.95. The first kappa shape index (κ1) is 17.7. The van der Waals surface area contributed by atoms with E-state index in [1.807, 2.05) is 36.1 Å². The largest absolute Gasteiger partial charge is 0.497 e. The molecule has 6 nitrogen and oxygen atoms in total. The maximum absolute atomic E-state index is 12.8. The number of carbonyl (C=O) groups excluding carboxylic acids is 2. The summed E-state index contributed by atoms with van der Waals surface area (Å²) in [5, 5.41) is 0. The lowest BCUT2D eigenvalue weighted by Gasteiger charge is -2.33. The highest BCUT2D eigenvalue weighted by atomic mass is 16.5. The Hall–Kier alpha value is -2.08. The number of carbonyl (C=O) groups is 2. The molecule has 0 aromatic heterocycles. The minimum absolute atomic E-state index is 0.00715. The van der Waals surface area contributed by atoms with Crippen LogP contribution in [-0.2, 0) is 14.3 Å². The Kier molecular flexibility index (Phi) is 5.58. The monoisotopic (exact) mass is 346 g/mol. The molecule has 0 radical (unpaired) electrons. The van der Waals surface area contributed by atoms with Crippen molar-refractivity contribution in [3.63, 3.8) is 0 Å². The number of anilines is 1. The summed E-state index contributed by atoms with van der Waals surface area (Å²) in [5.74, 6) is 0.602. The van der Waals surface area contributed by atoms with Gasteiger partial charge < -0.3 is 19.3 Å². The summed E-state index contributed by atoms with van der Waals surface area (Å²) in [7, 11) is 1.61. The van der Waals surface area contributed by atoms with Gasteiger partial charge in [-0.3, -0.25) is 9.59 Å². The van der Waals surface area contributed by atoms with Crippen molar-refractivity contribution in [3.05, 3.63) is 24.3 Å². The quantitative estimate of drug-likeness (QED) is 0.819. The number of nitrogens with zero attached hydrogens (tertiary/aromatic N) is 2. The Labute approximate surface area is 148 Å². The second-order valence-corrected chi connectivity index (χ2v) is 6.58. The lowest BCUT2D eigenvalue weighted by atomic mass is 10.0. The Balaban J connectivity index is 1.59. The van der Waals surface area contributed by atoms with Gasteiger partial charge in [0.25, 0.3) is 0 Å². The van der Waals surface area contributed by atoms with Crippen molar-refractivity contribution < 1.29 is 19.1 Å². The Bertz CT molecular complexity index is 608. The number of piperidine rings is 1. The molecule has 1 aromatic rings. The summed E-state index contributed by atoms with van der Waals surface area (Å²) in [6.07, 6.45) is 2.30. The van der Waals surface area contributed by atoms with Gasteiger partial charge in [-0.1, -0.05) is 0 Å². The summed E-state index contributed by atoms with van der Waals surface area (Å²) in [4.78, 5) is 28.7. The van der Waals surface area contributed by atoms with Gasteiger partial charge >= 0.3 is 0 Å². The number of amides is 2. The number of methoxy groups -OCH3 is 1. The van der Waals surface area contributed by atoms with Crippen molar-refractivity contribution in [2.75, 3.05) is 38.3 Å². The van der Waals surface area contributed by atoms with Crippen LogP contribution in [0.15, 0.2) is 24.3 Å². The van der Waals surface area contributed by atoms with Crippen LogP contribution in [0.3, 0.4) is 0 Å². The van der Waals surface area contributed by atoms with Gasteiger partial charge in [0.1, 0.15) is 5.75 Å². The van der Waals surface area contributed by atoms with Crippen molar-refractivity contribution in [2.24, 2.45) is 5.92 Å². The van der Waals surface area contributed by atoms with E-state index >= 15 is 0 Å². The number of ether oxygens (including phenoxy) is 2. The van der Waals surface area contributed by atoms with Crippen molar-refractivity contribution >= 4 is 17.5 Å². The van der Waals surface area contributed by atoms with Crippen LogP contribution >= 0.6 is 0 Å². The molecule has 1 aromatic carbocycles. The van der Waals surface area contributed by atoms with Crippen LogP contribution in [0.25, 0.3) is 0 Å². The van der Waals surface area contributed by atoms with E-state index in [-0.39, 0.29) is 30.3 Å². The van der Waals surface area contributed by atoms with Crippen LogP contribution in [0.5, 0.6) is 5.75 Å². The molecular weight excluding hydrogens is 320 g/mol. The highest BCUT2D eigenvalue weighted by Gasteiger charge is 2.38. The average Bonchev–Trinajstić information content (AvgIpc) is 3.04. The van der Waals surface area contributed by atoms with Crippen molar-refractivity contribution in [1.82, 2.24) is 4.90 Å². The van der Waals surface area contributed by atoms with Crippen molar-refractivity contribution in [3.8, 4) is 5.75 Å². The molecule has 1 atom stereocenters. The first-order chi connectivity index (χ1) is 12.1. The van der Waals surface area contributed by atoms with E-state index in [1.165, 1.54) is 0 Å². The smallest absolute Gasteiger partial charge is 0.228 e. The highest BCUT2D eigenvalue weighted by Crippen LogP contribution is 2.28. The van der Waals surface area contributed by atoms with Gasteiger partial charge in [0.15, 0.2) is 0 Å². The van der Waals surface area contributed by atoms with Crippen LogP contribution in [0.2, 0.25) is 0 Å². The number of hydrogen-bond donors (Lipinski definition) is 0. The van der Waals surface area contributed by atoms with Gasteiger partial charge in [0, 0.05) is 38.3 Å². The van der Waals surface area contributed by atoms with Crippen molar-refractivity contribution in [2.45, 2.75) is 32.3 Å². The summed E-state index contributed by atoms with van der Waals surface area (Å²) in [6.45, 7) is 4.60. The molecular formula is C19H26N2O4. The Morgan fingerprint density at radius 1 is 1.20 bits per heavy atom. The Morgan fingerprint density at radius 3 is 2.48 bits per heavy atom. The fourth-order valence-corrected chi connectivity index (χ4v) is 3.62. The molecule has 136 valence electrons. The molecule has 2 saturated heterocycles. The van der Waals surface area contributed by atoms with Gasteiger partial charge in [-0.15, -0.1) is 0 Å². The molecule has 0 aliphatic carbocycles. The summed E-state index contributed by atoms with van der Waals surface area (Å²) in [6, 6.07) is 7.38. The van der Waals surface area contributed by atoms with E-state index in [0.29, 0.717) is 13.2 Å². The third-order valence-electron chi connectivity index (χ3n) is 5.01. The van der Waals surface area contributed by atoms with Gasteiger partial charge in [0.05, 0.1) is 19.1 Å². The van der Waals surface area contributed by atoms with E-state index in [1.54, 1.807) is 12.0 Å². The van der Waals surface area contributed by atoms with Gasteiger partial charge in [0.2, 0.25) is 11.8 Å². The number of hydrogen-bond acceptors (Lipinski definition) is 4. The molecule has 2 amide bonds. The lowest BCUT2D eigenvalue weighted by molar-refractivity contribution is -0.138. The Morgan fingerprint density at radius 2 is 1.88 bits per heavy atom. The fourth-order valence-electron chi connectivity index (χ4n) is 3.62. The van der Waals surface area contributed by atoms with E-state index in [2.05, 4.69) is 0 Å². The first-order valence-corrected chi connectivity index (χ1v) is 8.97. The van der Waals surface area contributed by atoms with Crippen molar-refractivity contribution in [1.29, 1.82) is 0 Å². The van der Waals surface area contributed by atoms with E-state index in [4.69, 9.17) is 9.47 Å². The van der Waals surface area contributed by atoms with Gasteiger partial charge in [-0.05, 0) is 44.0 Å². The summed E-state index contributed by atoms with van der Waals surface area (Å²) < 4.78 is 10.8. The van der Waals surface area contributed by atoms with E-state index < -0.39 is 0 Å². The minimum atomic E-state index is -0.252. The zero-order valence-corrected chi connectivity index (χ0v) is 14.9. The molecule has 0 spiro atoms. The second kappa shape index (κ2) is 7.87. The summed E-state index contributed by atoms with van der Waals surface area (Å²) >= 11 is 0. The molecule has 2 heterocycles. The predicted octanol–water partition coefficient (Wildman–Crippen LogP) is 2.08. The SMILES string of the molecule is CCOC1CCN(C(=O)[C@@H]2CC(=O)N(c3ccc(OC)cc3)C2)CC1. The molecule has 0 N–H and O–H groups in total. The standard InChI is InChI=1S/C19H26N2O4/c1-3-25-17-8-10-20(11-9-17)19(23)14-12-18(22)21(13-14)15-4-6-16(24-2)7-5-15/h4-7,14,17H,3,8-13H2,1-2H3/t14-/m1/s1. The number of benzene rings is 1. The van der Waals surface area contributed by atoms with Crippen LogP contribution in [0, 0.1) is 5.92 Å². The molecule has 2 aliphatic heterocycles. The maximum Gasteiger partial charge on any atom is 0.228 e. The van der Waals surface area contributed by atoms with Gasteiger partial charge in [-0.2, -0.15) is 0 Å². The molecule has 25 heavy (non-hydrogen) atoms. The molecule has 6 heteroatoms. The molecule has 3 rings (SSSR count). The minimum Gasteiger partial charge on any atom is -0.497 e. The van der Waals surface area contributed by atoms with Crippen LogP contribution < -0.4 is 9.64 Å². The number of rotatable bonds is 5. The van der Waals surface area contributed by atoms with Crippen LogP contribution in [-0.4, -0.2) is 56.2 Å². The number of likely N-dealkylation sites (tertiary alicyclic amines) is 1. The summed E-state index contributed by atoms with van der Waals surface area (Å²) in [5.41, 5.74) is 0.816. The third-order valence-corrected chi connectivity index (χ3v) is 5.01. The lowest BCUT2D eigenvalue weighted by Crippen LogP contribution is -2.44. The molecule has 2 fully saturated rings. The topological polar surface area (TPSA) is 59.1 Å². The average molecular weight is 346 g/mol. The predicted molar refractivity (Wildman–Crippen MR) is 94.7 cm³/mol. The zero-order chi connectivity index (χ0) is 17.8. The van der Waals surface area contributed by atoms with Crippen LogP contribution in [0.1, 0.15) is 26.2 Å².